The van der Waals surface area contributed by atoms with Crippen molar-refractivity contribution in [3.05, 3.63) is 23.4 Å². The summed E-state index contributed by atoms with van der Waals surface area (Å²) in [6.45, 7) is 1.27. The summed E-state index contributed by atoms with van der Waals surface area (Å²) in [7, 11) is 0. The summed E-state index contributed by atoms with van der Waals surface area (Å²) in [6.07, 6.45) is -1.47. The molecule has 0 aliphatic heterocycles. The summed E-state index contributed by atoms with van der Waals surface area (Å²) >= 11 is 0. The fourth-order valence-corrected chi connectivity index (χ4v) is 1.22. The van der Waals surface area contributed by atoms with E-state index in [1.165, 1.54) is 6.92 Å². The highest BCUT2D eigenvalue weighted by Crippen LogP contribution is 2.30. The molecule has 0 bridgehead atoms. The van der Waals surface area contributed by atoms with Crippen molar-refractivity contribution in [3.8, 4) is 0 Å². The van der Waals surface area contributed by atoms with Crippen LogP contribution >= 0.6 is 0 Å². The first-order valence-corrected chi connectivity index (χ1v) is 4.15. The molecule has 0 unspecified atom stereocenters. The highest BCUT2D eigenvalue weighted by atomic mass is 19.4. The van der Waals surface area contributed by atoms with Gasteiger partial charge in [0.15, 0.2) is 0 Å². The van der Waals surface area contributed by atoms with Crippen LogP contribution in [0, 0.1) is 0 Å². The van der Waals surface area contributed by atoms with Gasteiger partial charge in [0.25, 0.3) is 0 Å². The Balaban J connectivity index is 2.78. The molecule has 5 heteroatoms. The van der Waals surface area contributed by atoms with Crippen LogP contribution < -0.4 is 5.32 Å². The van der Waals surface area contributed by atoms with E-state index in [-0.39, 0.29) is 5.91 Å². The van der Waals surface area contributed by atoms with Gasteiger partial charge in [-0.15, -0.1) is 0 Å². The molecule has 0 atom stereocenters. The second kappa shape index (κ2) is 3.86. The van der Waals surface area contributed by atoms with Gasteiger partial charge in [-0.25, -0.2) is 0 Å². The lowest BCUT2D eigenvalue weighted by Crippen LogP contribution is -2.22. The van der Waals surface area contributed by atoms with Gasteiger partial charge in [-0.3, -0.25) is 4.79 Å². The maximum Gasteiger partial charge on any atom is 0.416 e. The molecule has 0 heterocycles. The minimum Gasteiger partial charge on any atom is -0.330 e. The molecule has 78 valence electrons. The van der Waals surface area contributed by atoms with E-state index in [1.54, 1.807) is 0 Å². The third-order valence-electron chi connectivity index (χ3n) is 1.77. The van der Waals surface area contributed by atoms with Crippen molar-refractivity contribution in [2.45, 2.75) is 25.9 Å². The van der Waals surface area contributed by atoms with E-state index >= 15 is 0 Å². The molecule has 1 aliphatic carbocycles. The zero-order chi connectivity index (χ0) is 10.8. The lowest BCUT2D eigenvalue weighted by atomic mass is 10.0. The Kier molecular flexibility index (Phi) is 2.98. The molecule has 1 amide bonds. The first kappa shape index (κ1) is 10.8. The van der Waals surface area contributed by atoms with Crippen molar-refractivity contribution in [3.63, 3.8) is 0 Å². The molecule has 0 fully saturated rings. The maximum absolute atomic E-state index is 12.2. The predicted molar refractivity (Wildman–Crippen MR) is 45.3 cm³/mol. The third-order valence-corrected chi connectivity index (χ3v) is 1.77. The van der Waals surface area contributed by atoms with E-state index < -0.39 is 11.7 Å². The average Bonchev–Trinajstić information content (AvgIpc) is 2.01. The summed E-state index contributed by atoms with van der Waals surface area (Å²) in [5.41, 5.74) is -0.361. The van der Waals surface area contributed by atoms with Crippen LogP contribution in [-0.4, -0.2) is 12.1 Å². The Labute approximate surface area is 79.5 Å². The largest absolute Gasteiger partial charge is 0.416 e. The van der Waals surface area contributed by atoms with E-state index in [0.29, 0.717) is 18.5 Å². The van der Waals surface area contributed by atoms with Gasteiger partial charge >= 0.3 is 6.18 Å². The van der Waals surface area contributed by atoms with Crippen LogP contribution in [0.3, 0.4) is 0 Å². The number of carbonyl (C=O) groups excluding carboxylic acids is 1. The Bertz CT molecular complexity index is 302. The van der Waals surface area contributed by atoms with E-state index in [1.807, 2.05) is 0 Å². The lowest BCUT2D eigenvalue weighted by Gasteiger charge is -2.15. The third kappa shape index (κ3) is 2.90. The molecular weight excluding hydrogens is 195 g/mol. The number of hydrogen-bond donors (Lipinski definition) is 1. The van der Waals surface area contributed by atoms with Gasteiger partial charge in [-0.05, 0) is 18.9 Å². The first-order chi connectivity index (χ1) is 6.39. The molecule has 0 saturated heterocycles. The number of halogens is 3. The summed E-state index contributed by atoms with van der Waals surface area (Å²) in [5, 5.41) is 2.37. The number of nitrogens with one attached hydrogen (secondary N) is 1. The second-order valence-electron chi connectivity index (χ2n) is 3.05. The minimum atomic E-state index is -4.33. The molecule has 0 aromatic heterocycles. The van der Waals surface area contributed by atoms with Gasteiger partial charge < -0.3 is 5.32 Å². The number of rotatable bonds is 1. The normalized spacial score (nSPS) is 17.1. The molecule has 0 aromatic rings. The van der Waals surface area contributed by atoms with Crippen LogP contribution in [0.1, 0.15) is 19.8 Å². The molecule has 2 nitrogen and oxygen atoms in total. The first-order valence-electron chi connectivity index (χ1n) is 4.15. The van der Waals surface area contributed by atoms with Crippen molar-refractivity contribution in [2.75, 3.05) is 0 Å². The summed E-state index contributed by atoms with van der Waals surface area (Å²) < 4.78 is 36.7. The van der Waals surface area contributed by atoms with Gasteiger partial charge in [0.05, 0.1) is 5.57 Å². The Morgan fingerprint density at radius 1 is 1.50 bits per heavy atom. The van der Waals surface area contributed by atoms with Crippen molar-refractivity contribution in [1.82, 2.24) is 5.32 Å². The Morgan fingerprint density at radius 3 is 2.64 bits per heavy atom. The summed E-state index contributed by atoms with van der Waals surface area (Å²) in [4.78, 5) is 10.6. The maximum atomic E-state index is 12.2. The number of hydrogen-bond acceptors (Lipinski definition) is 1. The van der Waals surface area contributed by atoms with Crippen LogP contribution in [-0.2, 0) is 4.79 Å². The zero-order valence-corrected chi connectivity index (χ0v) is 7.61. The van der Waals surface area contributed by atoms with Crippen molar-refractivity contribution in [2.24, 2.45) is 0 Å². The van der Waals surface area contributed by atoms with Crippen LogP contribution in [0.5, 0.6) is 0 Å². The Hall–Kier alpha value is -1.26. The van der Waals surface area contributed by atoms with Gasteiger partial charge in [-0.1, -0.05) is 6.08 Å². The molecule has 0 aromatic carbocycles. The quantitative estimate of drug-likeness (QED) is 0.699. The van der Waals surface area contributed by atoms with Gasteiger partial charge in [0.1, 0.15) is 0 Å². The fourth-order valence-electron chi connectivity index (χ4n) is 1.22. The molecule has 14 heavy (non-hydrogen) atoms. The van der Waals surface area contributed by atoms with Gasteiger partial charge in [0, 0.05) is 12.6 Å². The predicted octanol–water partition coefficient (Wildman–Crippen LogP) is 2.29. The molecule has 0 saturated carbocycles. The topological polar surface area (TPSA) is 29.1 Å². The molecule has 1 aliphatic rings. The Morgan fingerprint density at radius 2 is 2.14 bits per heavy atom. The molecule has 0 radical (unpaired) electrons. The number of alkyl halides is 3. The van der Waals surface area contributed by atoms with Crippen molar-refractivity contribution >= 4 is 5.91 Å². The lowest BCUT2D eigenvalue weighted by molar-refractivity contribution is -0.118. The zero-order valence-electron chi connectivity index (χ0n) is 7.61. The summed E-state index contributed by atoms with van der Waals surface area (Å²) in [5.74, 6) is -0.348. The summed E-state index contributed by atoms with van der Waals surface area (Å²) in [6, 6.07) is 0. The SMILES string of the molecule is CC(=O)NC1=CC(C(F)(F)F)=CCC1. The van der Waals surface area contributed by atoms with Crippen LogP contribution in [0.2, 0.25) is 0 Å². The van der Waals surface area contributed by atoms with Crippen molar-refractivity contribution in [1.29, 1.82) is 0 Å². The molecule has 1 rings (SSSR count). The number of allylic oxidation sites excluding steroid dienone is 4. The van der Waals surface area contributed by atoms with Crippen LogP contribution in [0.4, 0.5) is 13.2 Å². The molecular formula is C9H10F3NO. The van der Waals surface area contributed by atoms with Crippen LogP contribution in [0.25, 0.3) is 0 Å². The van der Waals surface area contributed by atoms with Crippen molar-refractivity contribution < 1.29 is 18.0 Å². The fraction of sp³-hybridized carbons (Fsp3) is 0.444. The number of amides is 1. The molecule has 1 N–H and O–H groups in total. The van der Waals surface area contributed by atoms with Gasteiger partial charge in [0.2, 0.25) is 5.91 Å². The average molecular weight is 205 g/mol. The highest BCUT2D eigenvalue weighted by Gasteiger charge is 2.33. The van der Waals surface area contributed by atoms with Gasteiger partial charge in [-0.2, -0.15) is 13.2 Å². The monoisotopic (exact) mass is 205 g/mol. The smallest absolute Gasteiger partial charge is 0.330 e. The van der Waals surface area contributed by atoms with Crippen LogP contribution in [0.15, 0.2) is 23.4 Å². The minimum absolute atomic E-state index is 0.307. The van der Waals surface area contributed by atoms with E-state index in [9.17, 15) is 18.0 Å². The number of carbonyl (C=O) groups is 1. The highest BCUT2D eigenvalue weighted by molar-refractivity contribution is 5.75. The van der Waals surface area contributed by atoms with E-state index in [2.05, 4.69) is 5.32 Å². The van der Waals surface area contributed by atoms with E-state index in [0.717, 1.165) is 12.2 Å². The molecule has 0 spiro atoms. The second-order valence-corrected chi connectivity index (χ2v) is 3.05. The van der Waals surface area contributed by atoms with E-state index in [4.69, 9.17) is 0 Å². The standard InChI is InChI=1S/C9H10F3NO/c1-6(14)13-8-4-2-3-7(5-8)9(10,11)12/h3,5H,2,4H2,1H3,(H,13,14).